The summed E-state index contributed by atoms with van der Waals surface area (Å²) in [5.74, 6) is -0.512. The number of ether oxygens (including phenoxy) is 3. The maximum absolute atomic E-state index is 11.8. The SMILES string of the molecule is COC(=O)c1sccc1-n1c(Cl)nn(C)c1=O.O=C(OC(Cl)(Cl)Cl)OC(Cl)(Cl)Cl. The number of esters is 1. The van der Waals surface area contributed by atoms with Crippen LogP contribution in [-0.2, 0) is 21.3 Å². The maximum atomic E-state index is 11.8. The third kappa shape index (κ3) is 8.58. The Kier molecular flexibility index (Phi) is 9.69. The topological polar surface area (TPSA) is 102 Å². The van der Waals surface area contributed by atoms with Crippen molar-refractivity contribution in [3.8, 4) is 5.69 Å². The molecule has 0 aliphatic heterocycles. The molecule has 0 saturated heterocycles. The molecule has 0 saturated carbocycles. The number of aromatic nitrogens is 3. The van der Waals surface area contributed by atoms with Gasteiger partial charge >= 0.3 is 25.8 Å². The van der Waals surface area contributed by atoms with E-state index in [4.69, 9.17) is 81.2 Å². The molecule has 2 heterocycles. The summed E-state index contributed by atoms with van der Waals surface area (Å²) in [6.45, 7) is 0. The second-order valence-electron chi connectivity index (χ2n) is 4.48. The van der Waals surface area contributed by atoms with E-state index in [1.54, 1.807) is 11.4 Å². The molecule has 0 radical (unpaired) electrons. The van der Waals surface area contributed by atoms with Gasteiger partial charge in [0.2, 0.25) is 5.28 Å². The summed E-state index contributed by atoms with van der Waals surface area (Å²) < 4.78 is 10.4. The first-order valence-electron chi connectivity index (χ1n) is 6.69. The van der Waals surface area contributed by atoms with Crippen molar-refractivity contribution in [3.05, 3.63) is 32.1 Å². The minimum absolute atomic E-state index is 0.000975. The van der Waals surface area contributed by atoms with Gasteiger partial charge in [0.1, 0.15) is 4.88 Å². The van der Waals surface area contributed by atoms with Crippen molar-refractivity contribution in [2.75, 3.05) is 7.11 Å². The number of aryl methyl sites for hydroxylation is 1. The molecular formula is C12H8Cl7N3O6S. The monoisotopic (exact) mass is 567 g/mol. The van der Waals surface area contributed by atoms with Gasteiger partial charge in [0.25, 0.3) is 0 Å². The zero-order valence-corrected chi connectivity index (χ0v) is 20.1. The molecule has 162 valence electrons. The van der Waals surface area contributed by atoms with Gasteiger partial charge in [-0.15, -0.1) is 16.4 Å². The number of carbonyl (C=O) groups excluding carboxylic acids is 2. The summed E-state index contributed by atoms with van der Waals surface area (Å²) in [5, 5.41) is 5.46. The van der Waals surface area contributed by atoms with Crippen LogP contribution < -0.4 is 5.69 Å². The van der Waals surface area contributed by atoms with Crippen LogP contribution >= 0.6 is 92.5 Å². The highest BCUT2D eigenvalue weighted by atomic mass is 35.6. The zero-order chi connectivity index (χ0) is 22.6. The lowest BCUT2D eigenvalue weighted by molar-refractivity contribution is 0.0507. The summed E-state index contributed by atoms with van der Waals surface area (Å²) in [6.07, 6.45) is -1.41. The molecule has 0 N–H and O–H groups in total. The van der Waals surface area contributed by atoms with Gasteiger partial charge in [0, 0.05) is 7.05 Å². The molecule has 2 aromatic heterocycles. The van der Waals surface area contributed by atoms with Crippen LogP contribution in [0.4, 0.5) is 4.79 Å². The van der Waals surface area contributed by atoms with Crippen molar-refractivity contribution >= 4 is 105 Å². The number of methoxy groups -OCH3 is 1. The first kappa shape index (κ1) is 26.4. The molecule has 0 aromatic carbocycles. The third-order valence-corrected chi connectivity index (χ3v) is 4.13. The van der Waals surface area contributed by atoms with Crippen molar-refractivity contribution in [2.45, 2.75) is 7.96 Å². The highest BCUT2D eigenvalue weighted by Gasteiger charge is 2.32. The average Bonchev–Trinajstić information content (AvgIpc) is 3.08. The fourth-order valence-electron chi connectivity index (χ4n) is 1.57. The van der Waals surface area contributed by atoms with Gasteiger partial charge in [0.05, 0.1) is 12.8 Å². The maximum Gasteiger partial charge on any atom is 0.515 e. The Bertz CT molecular complexity index is 912. The third-order valence-electron chi connectivity index (χ3n) is 2.54. The van der Waals surface area contributed by atoms with E-state index in [2.05, 4.69) is 19.3 Å². The zero-order valence-electron chi connectivity index (χ0n) is 14.0. The smallest absolute Gasteiger partial charge is 0.465 e. The molecule has 0 spiro atoms. The largest absolute Gasteiger partial charge is 0.515 e. The van der Waals surface area contributed by atoms with Gasteiger partial charge in [-0.2, -0.15) is 0 Å². The van der Waals surface area contributed by atoms with Crippen molar-refractivity contribution in [3.63, 3.8) is 0 Å². The van der Waals surface area contributed by atoms with E-state index in [0.29, 0.717) is 10.6 Å². The second-order valence-corrected chi connectivity index (χ2v) is 10.1. The number of hydrogen-bond donors (Lipinski definition) is 0. The van der Waals surface area contributed by atoms with Crippen LogP contribution in [0.25, 0.3) is 5.69 Å². The van der Waals surface area contributed by atoms with Crippen molar-refractivity contribution < 1.29 is 23.8 Å². The molecule has 9 nitrogen and oxygen atoms in total. The molecule has 0 aliphatic rings. The summed E-state index contributed by atoms with van der Waals surface area (Å²) in [4.78, 5) is 34.1. The summed E-state index contributed by atoms with van der Waals surface area (Å²) >= 11 is 37.2. The molecule has 2 rings (SSSR count). The number of rotatable bonds is 2. The second kappa shape index (κ2) is 10.6. The van der Waals surface area contributed by atoms with Gasteiger partial charge in [-0.25, -0.2) is 23.6 Å². The molecule has 0 atom stereocenters. The summed E-state index contributed by atoms with van der Waals surface area (Å²) in [6, 6.07) is 1.62. The minimum Gasteiger partial charge on any atom is -0.465 e. The molecule has 0 unspecified atom stereocenters. The molecule has 2 aromatic rings. The van der Waals surface area contributed by atoms with Crippen LogP contribution in [0.15, 0.2) is 16.2 Å². The van der Waals surface area contributed by atoms with Crippen molar-refractivity contribution in [1.82, 2.24) is 14.3 Å². The van der Waals surface area contributed by atoms with E-state index in [1.165, 1.54) is 25.5 Å². The highest BCUT2D eigenvalue weighted by Crippen LogP contribution is 2.32. The van der Waals surface area contributed by atoms with Gasteiger partial charge in [-0.3, -0.25) is 0 Å². The number of carbonyl (C=O) groups is 2. The number of thiophene rings is 1. The van der Waals surface area contributed by atoms with Gasteiger partial charge in [0.15, 0.2) is 0 Å². The predicted octanol–water partition coefficient (Wildman–Crippen LogP) is 4.87. The Morgan fingerprint density at radius 3 is 2.00 bits per heavy atom. The van der Waals surface area contributed by atoms with Gasteiger partial charge in [-0.1, -0.05) is 0 Å². The molecule has 0 bridgehead atoms. The normalized spacial score (nSPS) is 11.3. The minimum atomic E-state index is -2.24. The summed E-state index contributed by atoms with van der Waals surface area (Å²) in [7, 11) is 2.76. The Morgan fingerprint density at radius 2 is 1.62 bits per heavy atom. The van der Waals surface area contributed by atoms with Crippen molar-refractivity contribution in [1.29, 1.82) is 0 Å². The van der Waals surface area contributed by atoms with Crippen LogP contribution in [0.2, 0.25) is 5.28 Å². The van der Waals surface area contributed by atoms with Crippen LogP contribution in [0.5, 0.6) is 0 Å². The van der Waals surface area contributed by atoms with E-state index < -0.39 is 25.8 Å². The molecule has 0 fully saturated rings. The van der Waals surface area contributed by atoms with Crippen LogP contribution in [0.3, 0.4) is 0 Å². The van der Waals surface area contributed by atoms with E-state index in [0.717, 1.165) is 9.25 Å². The number of hydrogen-bond acceptors (Lipinski definition) is 8. The molecule has 29 heavy (non-hydrogen) atoms. The lowest BCUT2D eigenvalue weighted by Gasteiger charge is -2.15. The fraction of sp³-hybridized carbons (Fsp3) is 0.333. The first-order chi connectivity index (χ1) is 13.2. The van der Waals surface area contributed by atoms with Gasteiger partial charge in [-0.05, 0) is 92.7 Å². The Morgan fingerprint density at radius 1 is 1.10 bits per heavy atom. The highest BCUT2D eigenvalue weighted by molar-refractivity contribution is 7.12. The van der Waals surface area contributed by atoms with E-state index >= 15 is 0 Å². The van der Waals surface area contributed by atoms with Gasteiger partial charge < -0.3 is 14.2 Å². The predicted molar refractivity (Wildman–Crippen MR) is 111 cm³/mol. The van der Waals surface area contributed by atoms with Crippen molar-refractivity contribution in [2.24, 2.45) is 7.05 Å². The molecule has 17 heteroatoms. The summed E-state index contributed by atoms with van der Waals surface area (Å²) in [5.41, 5.74) is -0.0384. The van der Waals surface area contributed by atoms with E-state index in [9.17, 15) is 14.4 Å². The Hall–Kier alpha value is -0.590. The number of halogens is 7. The average molecular weight is 570 g/mol. The molecule has 0 aliphatic carbocycles. The van der Waals surface area contributed by atoms with E-state index in [1.807, 2.05) is 0 Å². The van der Waals surface area contributed by atoms with Crippen LogP contribution in [0.1, 0.15) is 9.67 Å². The lowest BCUT2D eigenvalue weighted by atomic mass is 10.4. The van der Waals surface area contributed by atoms with E-state index in [-0.39, 0.29) is 5.28 Å². The molecular weight excluding hydrogens is 562 g/mol. The quantitative estimate of drug-likeness (QED) is 0.375. The van der Waals surface area contributed by atoms with Crippen LogP contribution in [-0.4, -0.2) is 41.5 Å². The van der Waals surface area contributed by atoms with Crippen LogP contribution in [0, 0.1) is 0 Å². The standard InChI is InChI=1S/C9H8ClN3O3S.C3Cl6O3/c1-12-9(15)13(8(10)11-12)5-3-4-17-6(5)7(14)16-2;4-2(5,6)11-1(10)12-3(7,8)9/h3-4H,1-2H3;. The fourth-order valence-corrected chi connectivity index (χ4v) is 3.02. The Balaban J connectivity index is 0.000000311. The first-order valence-corrected chi connectivity index (χ1v) is 10.2. The number of alkyl halides is 6. The lowest BCUT2D eigenvalue weighted by Crippen LogP contribution is -2.22. The Labute approximate surface area is 201 Å². The molecule has 0 amide bonds. The number of nitrogens with zero attached hydrogens (tertiary/aromatic N) is 3.